The third kappa shape index (κ3) is 2.20. The molecule has 0 fully saturated rings. The summed E-state index contributed by atoms with van der Waals surface area (Å²) in [4.78, 5) is 13.6. The first kappa shape index (κ1) is 17.2. The van der Waals surface area contributed by atoms with Crippen LogP contribution in [0.15, 0.2) is 91.0 Å². The van der Waals surface area contributed by atoms with Crippen molar-refractivity contribution in [3.63, 3.8) is 0 Å². The first-order valence-electron chi connectivity index (χ1n) is 9.96. The van der Waals surface area contributed by atoms with Gasteiger partial charge in [-0.2, -0.15) is 0 Å². The zero-order chi connectivity index (χ0) is 20.3. The van der Waals surface area contributed by atoms with E-state index in [0.29, 0.717) is 5.75 Å². The topological polar surface area (TPSA) is 26.3 Å². The highest BCUT2D eigenvalue weighted by molar-refractivity contribution is 6.07. The van der Waals surface area contributed by atoms with E-state index in [0.717, 1.165) is 33.0 Å². The van der Waals surface area contributed by atoms with E-state index >= 15 is 0 Å². The van der Waals surface area contributed by atoms with Gasteiger partial charge in [0.2, 0.25) is 11.4 Å². The standard InChI is InChI=1S/C27H17FO2/c28-20-13-9-19(10-14-20)26-25-21-7-3-1-5-17(21)11-15-23(25)30-27(26)22-8-4-2-6-18(22)12-16-24(27)29/h1-16,26H/t26-,27-/m1/s1. The van der Waals surface area contributed by atoms with Crippen LogP contribution in [-0.2, 0) is 10.4 Å². The molecule has 2 aliphatic rings. The number of carbonyl (C=O) groups is 1. The molecule has 1 spiro atoms. The van der Waals surface area contributed by atoms with E-state index in [9.17, 15) is 9.18 Å². The maximum atomic E-state index is 13.8. The highest BCUT2D eigenvalue weighted by Crippen LogP contribution is 2.57. The van der Waals surface area contributed by atoms with E-state index in [2.05, 4.69) is 12.1 Å². The molecule has 0 N–H and O–H groups in total. The van der Waals surface area contributed by atoms with Crippen LogP contribution in [0, 0.1) is 5.82 Å². The highest BCUT2D eigenvalue weighted by Gasteiger charge is 2.57. The van der Waals surface area contributed by atoms with Crippen LogP contribution in [0.2, 0.25) is 0 Å². The van der Waals surface area contributed by atoms with Crippen LogP contribution in [0.1, 0.15) is 28.2 Å². The SMILES string of the molecule is O=C1C=Cc2ccccc2[C@@]12Oc1ccc3ccccc3c1[C@H]2c1ccc(F)cc1. The Morgan fingerprint density at radius 3 is 2.43 bits per heavy atom. The Morgan fingerprint density at radius 1 is 0.800 bits per heavy atom. The van der Waals surface area contributed by atoms with E-state index in [-0.39, 0.29) is 11.6 Å². The van der Waals surface area contributed by atoms with Gasteiger partial charge in [-0.25, -0.2) is 4.39 Å². The van der Waals surface area contributed by atoms with Gasteiger partial charge in [0.25, 0.3) is 0 Å². The molecule has 0 saturated heterocycles. The smallest absolute Gasteiger partial charge is 0.207 e. The van der Waals surface area contributed by atoms with Crippen molar-refractivity contribution in [3.8, 4) is 5.75 Å². The Kier molecular flexibility index (Phi) is 3.51. The third-order valence-electron chi connectivity index (χ3n) is 6.24. The average molecular weight is 392 g/mol. The Labute approximate surface area is 173 Å². The van der Waals surface area contributed by atoms with Crippen LogP contribution in [0.25, 0.3) is 16.8 Å². The van der Waals surface area contributed by atoms with Crippen LogP contribution in [0.3, 0.4) is 0 Å². The third-order valence-corrected chi connectivity index (χ3v) is 6.24. The van der Waals surface area contributed by atoms with Crippen molar-refractivity contribution in [1.82, 2.24) is 0 Å². The largest absolute Gasteiger partial charge is 0.473 e. The number of fused-ring (bicyclic) bond motifs is 5. The van der Waals surface area contributed by atoms with Gasteiger partial charge in [-0.15, -0.1) is 0 Å². The molecule has 0 unspecified atom stereocenters. The molecular weight excluding hydrogens is 375 g/mol. The minimum absolute atomic E-state index is 0.101. The molecule has 0 radical (unpaired) electrons. The molecule has 2 nitrogen and oxygen atoms in total. The second-order valence-electron chi connectivity index (χ2n) is 7.81. The lowest BCUT2D eigenvalue weighted by atomic mass is 9.69. The number of benzene rings is 4. The lowest BCUT2D eigenvalue weighted by molar-refractivity contribution is -0.130. The summed E-state index contributed by atoms with van der Waals surface area (Å²) < 4.78 is 20.3. The first-order chi connectivity index (χ1) is 14.7. The normalized spacial score (nSPS) is 21.5. The van der Waals surface area contributed by atoms with Crippen molar-refractivity contribution >= 4 is 22.6 Å². The number of ether oxygens (including phenoxy) is 1. The van der Waals surface area contributed by atoms with Crippen molar-refractivity contribution in [2.75, 3.05) is 0 Å². The molecule has 1 aliphatic carbocycles. The molecule has 4 aromatic carbocycles. The quantitative estimate of drug-likeness (QED) is 0.397. The van der Waals surface area contributed by atoms with Crippen LogP contribution in [0.5, 0.6) is 5.75 Å². The fourth-order valence-electron chi connectivity index (χ4n) is 4.96. The molecule has 0 aromatic heterocycles. The Hall–Kier alpha value is -3.72. The molecule has 144 valence electrons. The van der Waals surface area contributed by atoms with E-state index in [1.165, 1.54) is 12.1 Å². The molecule has 0 amide bonds. The summed E-state index contributed by atoms with van der Waals surface area (Å²) in [7, 11) is 0. The predicted octanol–water partition coefficient (Wildman–Crippen LogP) is 5.99. The summed E-state index contributed by atoms with van der Waals surface area (Å²) in [5.41, 5.74) is 2.41. The zero-order valence-corrected chi connectivity index (χ0v) is 16.0. The summed E-state index contributed by atoms with van der Waals surface area (Å²) in [6, 6.07) is 26.3. The number of halogens is 1. The molecular formula is C27H17FO2. The average Bonchev–Trinajstić information content (AvgIpc) is 3.14. The van der Waals surface area contributed by atoms with Crippen LogP contribution >= 0.6 is 0 Å². The molecule has 2 atom stereocenters. The molecule has 30 heavy (non-hydrogen) atoms. The summed E-state index contributed by atoms with van der Waals surface area (Å²) >= 11 is 0. The van der Waals surface area contributed by atoms with E-state index in [1.807, 2.05) is 54.6 Å². The molecule has 6 rings (SSSR count). The van der Waals surface area contributed by atoms with Gasteiger partial charge in [0, 0.05) is 11.1 Å². The van der Waals surface area contributed by atoms with Crippen LogP contribution < -0.4 is 4.74 Å². The predicted molar refractivity (Wildman–Crippen MR) is 115 cm³/mol. The second-order valence-corrected chi connectivity index (χ2v) is 7.81. The Balaban J connectivity index is 1.72. The van der Waals surface area contributed by atoms with Crippen LogP contribution in [0.4, 0.5) is 4.39 Å². The number of hydrogen-bond donors (Lipinski definition) is 0. The van der Waals surface area contributed by atoms with Crippen molar-refractivity contribution in [2.24, 2.45) is 0 Å². The van der Waals surface area contributed by atoms with Gasteiger partial charge < -0.3 is 4.74 Å². The Morgan fingerprint density at radius 2 is 1.57 bits per heavy atom. The van der Waals surface area contributed by atoms with Gasteiger partial charge in [0.15, 0.2) is 0 Å². The van der Waals surface area contributed by atoms with Crippen molar-refractivity contribution in [2.45, 2.75) is 11.5 Å². The fourth-order valence-corrected chi connectivity index (χ4v) is 4.96. The summed E-state index contributed by atoms with van der Waals surface area (Å²) in [5.74, 6) is -0.102. The van der Waals surface area contributed by atoms with Crippen LogP contribution in [-0.4, -0.2) is 5.78 Å². The number of carbonyl (C=O) groups excluding carboxylic acids is 1. The van der Waals surface area contributed by atoms with Gasteiger partial charge in [-0.05, 0) is 46.2 Å². The summed E-state index contributed by atoms with van der Waals surface area (Å²) in [6.07, 6.45) is 3.45. The lowest BCUT2D eigenvalue weighted by Gasteiger charge is -2.36. The molecule has 4 aromatic rings. The highest BCUT2D eigenvalue weighted by atomic mass is 19.1. The number of rotatable bonds is 1. The van der Waals surface area contributed by atoms with Crippen molar-refractivity contribution < 1.29 is 13.9 Å². The van der Waals surface area contributed by atoms with Gasteiger partial charge in [0.05, 0.1) is 5.92 Å². The van der Waals surface area contributed by atoms with Crippen molar-refractivity contribution in [1.29, 1.82) is 0 Å². The Bertz CT molecular complexity index is 1350. The summed E-state index contributed by atoms with van der Waals surface area (Å²) in [6.45, 7) is 0. The van der Waals surface area contributed by atoms with E-state index in [1.54, 1.807) is 18.2 Å². The lowest BCUT2D eigenvalue weighted by Crippen LogP contribution is -2.45. The molecule has 0 bridgehead atoms. The minimum atomic E-state index is -1.21. The van der Waals surface area contributed by atoms with Crippen molar-refractivity contribution in [3.05, 3.63) is 119 Å². The monoisotopic (exact) mass is 392 g/mol. The zero-order valence-electron chi connectivity index (χ0n) is 16.0. The number of ketones is 1. The van der Waals surface area contributed by atoms with E-state index < -0.39 is 11.5 Å². The van der Waals surface area contributed by atoms with Gasteiger partial charge in [0.1, 0.15) is 11.6 Å². The van der Waals surface area contributed by atoms with Gasteiger partial charge in [-0.1, -0.05) is 72.8 Å². The maximum absolute atomic E-state index is 13.8. The fraction of sp³-hybridized carbons (Fsp3) is 0.0741. The van der Waals surface area contributed by atoms with Gasteiger partial charge >= 0.3 is 0 Å². The number of hydrogen-bond acceptors (Lipinski definition) is 2. The summed E-state index contributed by atoms with van der Waals surface area (Å²) in [5, 5.41) is 2.12. The van der Waals surface area contributed by atoms with E-state index in [4.69, 9.17) is 4.74 Å². The minimum Gasteiger partial charge on any atom is -0.473 e. The molecule has 1 heterocycles. The first-order valence-corrected chi connectivity index (χ1v) is 9.96. The van der Waals surface area contributed by atoms with Gasteiger partial charge in [-0.3, -0.25) is 4.79 Å². The molecule has 3 heteroatoms. The molecule has 0 saturated carbocycles. The molecule has 1 aliphatic heterocycles. The second kappa shape index (κ2) is 6.14. The maximum Gasteiger partial charge on any atom is 0.207 e.